The van der Waals surface area contributed by atoms with Crippen LogP contribution in [0.3, 0.4) is 0 Å². The molecule has 3 N–H and O–H groups in total. The van der Waals surface area contributed by atoms with Crippen molar-refractivity contribution in [1.82, 2.24) is 24.7 Å². The SMILES string of the molecule is COc1ccc(-n2nc3nc(NCc4cccnc4)nc(-c4cccc(Cl)c4)c3c2N)cc1. The third kappa shape index (κ3) is 4.16. The second kappa shape index (κ2) is 8.76. The zero-order chi connectivity index (χ0) is 22.8. The number of hydrogen-bond acceptors (Lipinski definition) is 7. The van der Waals surface area contributed by atoms with E-state index in [0.717, 1.165) is 22.6 Å². The average Bonchev–Trinajstić information content (AvgIpc) is 3.19. The molecule has 3 aromatic heterocycles. The highest BCUT2D eigenvalue weighted by atomic mass is 35.5. The second-order valence-electron chi connectivity index (χ2n) is 7.31. The van der Waals surface area contributed by atoms with Crippen molar-refractivity contribution in [3.63, 3.8) is 0 Å². The van der Waals surface area contributed by atoms with E-state index in [4.69, 9.17) is 27.1 Å². The predicted octanol–water partition coefficient (Wildman–Crippen LogP) is 4.73. The smallest absolute Gasteiger partial charge is 0.225 e. The van der Waals surface area contributed by atoms with Crippen molar-refractivity contribution in [2.75, 3.05) is 18.2 Å². The summed E-state index contributed by atoms with van der Waals surface area (Å²) in [6, 6.07) is 18.8. The lowest BCUT2D eigenvalue weighted by atomic mass is 10.1. The number of nitrogens with two attached hydrogens (primary N) is 1. The zero-order valence-corrected chi connectivity index (χ0v) is 18.5. The Morgan fingerprint density at radius 2 is 1.91 bits per heavy atom. The van der Waals surface area contributed by atoms with Crippen molar-refractivity contribution in [2.24, 2.45) is 0 Å². The van der Waals surface area contributed by atoms with Crippen LogP contribution in [0.5, 0.6) is 5.75 Å². The van der Waals surface area contributed by atoms with E-state index in [9.17, 15) is 0 Å². The summed E-state index contributed by atoms with van der Waals surface area (Å²) >= 11 is 6.27. The van der Waals surface area contributed by atoms with Gasteiger partial charge in [0, 0.05) is 29.5 Å². The van der Waals surface area contributed by atoms with Crippen LogP contribution in [0.4, 0.5) is 11.8 Å². The fourth-order valence-corrected chi connectivity index (χ4v) is 3.73. The van der Waals surface area contributed by atoms with Crippen molar-refractivity contribution >= 4 is 34.4 Å². The minimum Gasteiger partial charge on any atom is -0.497 e. The molecule has 0 amide bonds. The van der Waals surface area contributed by atoms with Crippen LogP contribution in [0, 0.1) is 0 Å². The summed E-state index contributed by atoms with van der Waals surface area (Å²) < 4.78 is 6.90. The van der Waals surface area contributed by atoms with E-state index in [1.54, 1.807) is 24.2 Å². The minimum absolute atomic E-state index is 0.431. The first kappa shape index (κ1) is 20.7. The number of fused-ring (bicyclic) bond motifs is 1. The first-order valence-corrected chi connectivity index (χ1v) is 10.6. The van der Waals surface area contributed by atoms with E-state index >= 15 is 0 Å². The number of hydrogen-bond donors (Lipinski definition) is 2. The maximum atomic E-state index is 6.56. The zero-order valence-electron chi connectivity index (χ0n) is 17.7. The molecule has 3 heterocycles. The monoisotopic (exact) mass is 457 g/mol. The first-order chi connectivity index (χ1) is 16.1. The Morgan fingerprint density at radius 3 is 2.64 bits per heavy atom. The van der Waals surface area contributed by atoms with Crippen LogP contribution in [-0.4, -0.2) is 31.8 Å². The molecule has 0 saturated heterocycles. The maximum absolute atomic E-state index is 6.56. The van der Waals surface area contributed by atoms with E-state index in [1.807, 2.05) is 60.7 Å². The van der Waals surface area contributed by atoms with E-state index in [0.29, 0.717) is 40.1 Å². The van der Waals surface area contributed by atoms with Crippen LogP contribution in [0.2, 0.25) is 5.02 Å². The summed E-state index contributed by atoms with van der Waals surface area (Å²) in [5, 5.41) is 9.19. The number of methoxy groups -OCH3 is 1. The molecule has 0 atom stereocenters. The van der Waals surface area contributed by atoms with Gasteiger partial charge in [0.15, 0.2) is 5.65 Å². The number of benzene rings is 2. The molecule has 0 bridgehead atoms. The largest absolute Gasteiger partial charge is 0.497 e. The van der Waals surface area contributed by atoms with Crippen LogP contribution in [0.1, 0.15) is 5.56 Å². The Kier molecular flexibility index (Phi) is 5.50. The highest BCUT2D eigenvalue weighted by Gasteiger charge is 2.19. The van der Waals surface area contributed by atoms with Crippen molar-refractivity contribution < 1.29 is 4.74 Å². The van der Waals surface area contributed by atoms with Gasteiger partial charge in [-0.3, -0.25) is 4.98 Å². The van der Waals surface area contributed by atoms with Gasteiger partial charge in [0.1, 0.15) is 11.6 Å². The quantitative estimate of drug-likeness (QED) is 0.379. The van der Waals surface area contributed by atoms with Crippen LogP contribution in [0.25, 0.3) is 28.0 Å². The molecule has 2 aromatic carbocycles. The lowest BCUT2D eigenvalue weighted by molar-refractivity contribution is 0.414. The third-order valence-electron chi connectivity index (χ3n) is 5.16. The molecule has 0 radical (unpaired) electrons. The summed E-state index contributed by atoms with van der Waals surface area (Å²) in [5.41, 5.74) is 10.3. The summed E-state index contributed by atoms with van der Waals surface area (Å²) in [4.78, 5) is 13.5. The molecule has 8 nitrogen and oxygen atoms in total. The molecule has 0 aliphatic carbocycles. The van der Waals surface area contributed by atoms with Crippen molar-refractivity contribution in [2.45, 2.75) is 6.54 Å². The van der Waals surface area contributed by atoms with Gasteiger partial charge < -0.3 is 15.8 Å². The number of anilines is 2. The number of nitrogen functional groups attached to an aromatic ring is 1. The Labute approximate surface area is 195 Å². The minimum atomic E-state index is 0.431. The van der Waals surface area contributed by atoms with Crippen LogP contribution in [-0.2, 0) is 6.54 Å². The van der Waals surface area contributed by atoms with Crippen LogP contribution >= 0.6 is 11.6 Å². The Hall–Kier alpha value is -4.17. The molecule has 0 saturated carbocycles. The molecule has 33 heavy (non-hydrogen) atoms. The molecule has 0 aliphatic heterocycles. The number of nitrogens with zero attached hydrogens (tertiary/aromatic N) is 5. The van der Waals surface area contributed by atoms with Crippen molar-refractivity contribution in [1.29, 1.82) is 0 Å². The van der Waals surface area contributed by atoms with Crippen LogP contribution < -0.4 is 15.8 Å². The number of nitrogens with one attached hydrogen (secondary N) is 1. The van der Waals surface area contributed by atoms with Gasteiger partial charge in [-0.05, 0) is 48.0 Å². The topological polar surface area (TPSA) is 104 Å². The van der Waals surface area contributed by atoms with Gasteiger partial charge in [-0.25, -0.2) is 9.67 Å². The summed E-state index contributed by atoms with van der Waals surface area (Å²) in [5.74, 6) is 1.61. The molecule has 0 unspecified atom stereocenters. The highest BCUT2D eigenvalue weighted by molar-refractivity contribution is 6.30. The molecule has 5 rings (SSSR count). The standard InChI is InChI=1S/C24H20ClN7O/c1-33-19-9-7-18(8-10-19)32-22(26)20-21(16-5-2-6-17(25)12-16)29-24(30-23(20)31-32)28-14-15-4-3-11-27-13-15/h2-13H,14,26H2,1H3,(H,28,30,31). The van der Waals surface area contributed by atoms with Gasteiger partial charge in [-0.15, -0.1) is 5.10 Å². The predicted molar refractivity (Wildman–Crippen MR) is 130 cm³/mol. The van der Waals surface area contributed by atoms with Gasteiger partial charge in [-0.2, -0.15) is 4.98 Å². The number of ether oxygens (including phenoxy) is 1. The molecular formula is C24H20ClN7O. The Balaban J connectivity index is 1.64. The van der Waals surface area contributed by atoms with Gasteiger partial charge in [0.05, 0.1) is 23.9 Å². The fraction of sp³-hybridized carbons (Fsp3) is 0.0833. The highest BCUT2D eigenvalue weighted by Crippen LogP contribution is 2.34. The molecule has 9 heteroatoms. The van der Waals surface area contributed by atoms with Crippen molar-refractivity contribution in [3.8, 4) is 22.7 Å². The Morgan fingerprint density at radius 1 is 1.06 bits per heavy atom. The molecule has 5 aromatic rings. The first-order valence-electron chi connectivity index (χ1n) is 10.2. The Bertz CT molecular complexity index is 1420. The van der Waals surface area contributed by atoms with Crippen LogP contribution in [0.15, 0.2) is 73.1 Å². The second-order valence-corrected chi connectivity index (χ2v) is 7.75. The third-order valence-corrected chi connectivity index (χ3v) is 5.39. The van der Waals surface area contributed by atoms with E-state index in [-0.39, 0.29) is 0 Å². The molecule has 0 spiro atoms. The van der Waals surface area contributed by atoms with Gasteiger partial charge in [-0.1, -0.05) is 29.8 Å². The molecule has 0 fully saturated rings. The van der Waals surface area contributed by atoms with Gasteiger partial charge >= 0.3 is 0 Å². The molecule has 164 valence electrons. The number of pyridine rings is 1. The summed E-state index contributed by atoms with van der Waals surface area (Å²) in [6.45, 7) is 0.517. The number of aromatic nitrogens is 5. The van der Waals surface area contributed by atoms with Crippen molar-refractivity contribution in [3.05, 3.63) is 83.6 Å². The average molecular weight is 458 g/mol. The van der Waals surface area contributed by atoms with E-state index in [2.05, 4.69) is 20.4 Å². The number of halogens is 1. The summed E-state index contributed by atoms with van der Waals surface area (Å²) in [7, 11) is 1.62. The fourth-order valence-electron chi connectivity index (χ4n) is 3.54. The summed E-state index contributed by atoms with van der Waals surface area (Å²) in [6.07, 6.45) is 3.53. The van der Waals surface area contributed by atoms with Gasteiger partial charge in [0.2, 0.25) is 5.95 Å². The van der Waals surface area contributed by atoms with Gasteiger partial charge in [0.25, 0.3) is 0 Å². The lowest BCUT2D eigenvalue weighted by Crippen LogP contribution is -2.05. The molecule has 0 aliphatic rings. The lowest BCUT2D eigenvalue weighted by Gasteiger charge is -2.09. The number of rotatable bonds is 6. The van der Waals surface area contributed by atoms with E-state index < -0.39 is 0 Å². The maximum Gasteiger partial charge on any atom is 0.225 e. The normalized spacial score (nSPS) is 11.0. The van der Waals surface area contributed by atoms with E-state index in [1.165, 1.54) is 0 Å². The molecular weight excluding hydrogens is 438 g/mol.